The van der Waals surface area contributed by atoms with E-state index in [1.54, 1.807) is 5.06 Å². The summed E-state index contributed by atoms with van der Waals surface area (Å²) in [5, 5.41) is 4.05. The molecule has 1 aliphatic heterocycles. The quantitative estimate of drug-likeness (QED) is 0.133. The van der Waals surface area contributed by atoms with Crippen LogP contribution in [0.3, 0.4) is 0 Å². The summed E-state index contributed by atoms with van der Waals surface area (Å²) in [5.74, 6) is 0.120. The summed E-state index contributed by atoms with van der Waals surface area (Å²) < 4.78 is 17.7. The van der Waals surface area contributed by atoms with Gasteiger partial charge in [-0.25, -0.2) is 4.79 Å². The number of carbonyl (C=O) groups is 1. The van der Waals surface area contributed by atoms with Gasteiger partial charge in [-0.15, -0.1) is 5.06 Å². The monoisotopic (exact) mass is 582 g/mol. The number of aryl methyl sites for hydroxylation is 1. The molecular weight excluding hydrogens is 540 g/mol. The van der Waals surface area contributed by atoms with Gasteiger partial charge in [-0.1, -0.05) is 72.8 Å². The second-order valence-electron chi connectivity index (χ2n) is 12.1. The first kappa shape index (κ1) is 30.7. The van der Waals surface area contributed by atoms with E-state index in [1.165, 1.54) is 16.3 Å². The highest BCUT2D eigenvalue weighted by Gasteiger charge is 2.34. The molecule has 0 spiro atoms. The molecule has 7 nitrogen and oxygen atoms in total. The molecule has 43 heavy (non-hydrogen) atoms. The summed E-state index contributed by atoms with van der Waals surface area (Å²) in [4.78, 5) is 22.7. The van der Waals surface area contributed by atoms with Gasteiger partial charge in [0.1, 0.15) is 5.60 Å². The van der Waals surface area contributed by atoms with Crippen molar-refractivity contribution < 1.29 is 23.8 Å². The summed E-state index contributed by atoms with van der Waals surface area (Å²) in [6.07, 6.45) is 3.62. The Balaban J connectivity index is 1.20. The highest BCUT2D eigenvalue weighted by Crippen LogP contribution is 2.32. The van der Waals surface area contributed by atoms with Crippen LogP contribution in [0.15, 0.2) is 91.1 Å². The fourth-order valence-electron chi connectivity index (χ4n) is 5.35. The zero-order valence-corrected chi connectivity index (χ0v) is 25.4. The lowest BCUT2D eigenvalue weighted by atomic mass is 9.88. The van der Waals surface area contributed by atoms with Crippen LogP contribution in [0.4, 0.5) is 4.79 Å². The van der Waals surface area contributed by atoms with Crippen LogP contribution >= 0.6 is 0 Å². The molecule has 7 heteroatoms. The number of hydrogen-bond donors (Lipinski definition) is 0. The van der Waals surface area contributed by atoms with E-state index in [-0.39, 0.29) is 12.0 Å². The number of hydrogen-bond acceptors (Lipinski definition) is 7. The molecule has 4 aromatic rings. The third-order valence-corrected chi connectivity index (χ3v) is 7.50. The Hall–Kier alpha value is -3.78. The first-order chi connectivity index (χ1) is 20.8. The second-order valence-corrected chi connectivity index (χ2v) is 12.1. The van der Waals surface area contributed by atoms with Gasteiger partial charge < -0.3 is 19.0 Å². The Labute approximate surface area is 254 Å². The van der Waals surface area contributed by atoms with E-state index in [1.807, 2.05) is 57.3 Å². The normalized spacial score (nSPS) is 17.6. The maximum absolute atomic E-state index is 12.4. The predicted molar refractivity (Wildman–Crippen MR) is 167 cm³/mol. The second kappa shape index (κ2) is 14.6. The fourth-order valence-corrected chi connectivity index (χ4v) is 5.35. The van der Waals surface area contributed by atoms with E-state index in [4.69, 9.17) is 24.0 Å². The van der Waals surface area contributed by atoms with Crippen molar-refractivity contribution in [1.82, 2.24) is 10.0 Å². The molecule has 3 aromatic carbocycles. The van der Waals surface area contributed by atoms with E-state index in [0.717, 1.165) is 36.1 Å². The number of piperidine rings is 1. The smallest absolute Gasteiger partial charge is 0.427 e. The summed E-state index contributed by atoms with van der Waals surface area (Å²) in [6, 6.07) is 29.2. The maximum Gasteiger partial charge on any atom is 0.528 e. The molecule has 5 rings (SSSR count). The number of carbonyl (C=O) groups excluding carboxylic acids is 1. The van der Waals surface area contributed by atoms with Crippen molar-refractivity contribution in [1.29, 1.82) is 0 Å². The Kier molecular flexibility index (Phi) is 10.4. The highest BCUT2D eigenvalue weighted by molar-refractivity contribution is 5.82. The Morgan fingerprint density at radius 2 is 1.70 bits per heavy atom. The number of aromatic nitrogens is 1. The van der Waals surface area contributed by atoms with Gasteiger partial charge in [-0.2, -0.15) is 0 Å². The van der Waals surface area contributed by atoms with Gasteiger partial charge in [0.25, 0.3) is 0 Å². The van der Waals surface area contributed by atoms with Crippen molar-refractivity contribution in [3.8, 4) is 0 Å². The molecule has 1 aliphatic rings. The first-order valence-corrected chi connectivity index (χ1v) is 15.1. The molecule has 0 radical (unpaired) electrons. The van der Waals surface area contributed by atoms with E-state index < -0.39 is 11.8 Å². The van der Waals surface area contributed by atoms with Crippen LogP contribution < -0.4 is 0 Å². The fraction of sp³-hybridized carbons (Fsp3) is 0.389. The average molecular weight is 583 g/mol. The summed E-state index contributed by atoms with van der Waals surface area (Å²) in [5.41, 5.74) is 3.84. The van der Waals surface area contributed by atoms with Crippen LogP contribution in [0.25, 0.3) is 10.8 Å². The standard InChI is InChI=1S/C36H42N2O5/c1-36(2,3)42-35(39)43-38-20-19-33(34(24-38)41-26-28-15-16-29-12-7-8-13-30(29)22-28)31-17-18-32(37-23-31)14-9-21-40-25-27-10-5-4-6-11-27/h4-8,10-13,15-18,22-23,33-34H,9,14,19-21,24-26H2,1-3H3. The molecule has 0 aliphatic carbocycles. The van der Waals surface area contributed by atoms with Crippen LogP contribution in [-0.4, -0.2) is 47.6 Å². The van der Waals surface area contributed by atoms with Crippen LogP contribution in [0.5, 0.6) is 0 Å². The number of rotatable bonds is 11. The predicted octanol–water partition coefficient (Wildman–Crippen LogP) is 7.63. The summed E-state index contributed by atoms with van der Waals surface area (Å²) in [7, 11) is 0. The molecule has 2 unspecified atom stereocenters. The molecule has 0 amide bonds. The van der Waals surface area contributed by atoms with Crippen LogP contribution in [0, 0.1) is 0 Å². The third kappa shape index (κ3) is 9.35. The highest BCUT2D eigenvalue weighted by atomic mass is 16.8. The lowest BCUT2D eigenvalue weighted by molar-refractivity contribution is -0.179. The molecule has 1 fully saturated rings. The van der Waals surface area contributed by atoms with Gasteiger partial charge in [0.15, 0.2) is 0 Å². The SMILES string of the molecule is CC(C)(C)OC(=O)ON1CCC(c2ccc(CCCOCc3ccccc3)nc2)C(OCc2ccc3ccccc3c2)C1. The topological polar surface area (TPSA) is 70.1 Å². The lowest BCUT2D eigenvalue weighted by Gasteiger charge is -2.37. The van der Waals surface area contributed by atoms with Crippen molar-refractivity contribution in [2.75, 3.05) is 19.7 Å². The first-order valence-electron chi connectivity index (χ1n) is 15.1. The van der Waals surface area contributed by atoms with Crippen molar-refractivity contribution in [3.05, 3.63) is 114 Å². The summed E-state index contributed by atoms with van der Waals surface area (Å²) in [6.45, 7) is 8.28. The van der Waals surface area contributed by atoms with Gasteiger partial charge in [-0.05, 0) is 79.6 Å². The molecule has 226 valence electrons. The minimum atomic E-state index is -0.696. The molecular formula is C36H42N2O5. The average Bonchev–Trinajstić information content (AvgIpc) is 3.00. The van der Waals surface area contributed by atoms with Crippen molar-refractivity contribution in [2.24, 2.45) is 0 Å². The third-order valence-electron chi connectivity index (χ3n) is 7.50. The number of ether oxygens (including phenoxy) is 3. The molecule has 1 saturated heterocycles. The Morgan fingerprint density at radius 3 is 2.47 bits per heavy atom. The summed E-state index contributed by atoms with van der Waals surface area (Å²) >= 11 is 0. The lowest BCUT2D eigenvalue weighted by Crippen LogP contribution is -2.45. The Bertz CT molecular complexity index is 1450. The zero-order chi connectivity index (χ0) is 30.1. The largest absolute Gasteiger partial charge is 0.528 e. The van der Waals surface area contributed by atoms with Gasteiger partial charge in [0, 0.05) is 31.0 Å². The molecule has 1 aromatic heterocycles. The molecule has 0 N–H and O–H groups in total. The van der Waals surface area contributed by atoms with Crippen LogP contribution in [-0.2, 0) is 38.7 Å². The van der Waals surface area contributed by atoms with E-state index in [0.29, 0.717) is 32.9 Å². The molecule has 0 saturated carbocycles. The minimum absolute atomic E-state index is 0.120. The van der Waals surface area contributed by atoms with E-state index >= 15 is 0 Å². The van der Waals surface area contributed by atoms with Gasteiger partial charge in [0.05, 0.1) is 25.9 Å². The molecule has 2 heterocycles. The zero-order valence-electron chi connectivity index (χ0n) is 25.4. The van der Waals surface area contributed by atoms with E-state index in [2.05, 4.69) is 54.6 Å². The van der Waals surface area contributed by atoms with Crippen LogP contribution in [0.1, 0.15) is 61.9 Å². The maximum atomic E-state index is 12.4. The van der Waals surface area contributed by atoms with Crippen LogP contribution in [0.2, 0.25) is 0 Å². The number of benzene rings is 3. The number of nitrogens with zero attached hydrogens (tertiary/aromatic N) is 2. The van der Waals surface area contributed by atoms with Crippen molar-refractivity contribution in [3.63, 3.8) is 0 Å². The Morgan fingerprint density at radius 1 is 0.907 bits per heavy atom. The van der Waals surface area contributed by atoms with Gasteiger partial charge >= 0.3 is 6.16 Å². The number of hydroxylamine groups is 2. The van der Waals surface area contributed by atoms with Crippen molar-refractivity contribution in [2.45, 2.75) is 70.9 Å². The molecule has 0 bridgehead atoms. The van der Waals surface area contributed by atoms with Gasteiger partial charge in [0.2, 0.25) is 0 Å². The van der Waals surface area contributed by atoms with Crippen molar-refractivity contribution >= 4 is 16.9 Å². The number of fused-ring (bicyclic) bond motifs is 1. The van der Waals surface area contributed by atoms with Gasteiger partial charge in [-0.3, -0.25) is 4.98 Å². The van der Waals surface area contributed by atoms with E-state index in [9.17, 15) is 4.79 Å². The number of pyridine rings is 1. The minimum Gasteiger partial charge on any atom is -0.427 e. The molecule has 2 atom stereocenters.